The van der Waals surface area contributed by atoms with E-state index in [1.807, 2.05) is 23.5 Å². The third kappa shape index (κ3) is 4.51. The Hall–Kier alpha value is -6.34. The zero-order valence-corrected chi connectivity index (χ0v) is 32.4. The molecule has 6 heteroatoms. The summed E-state index contributed by atoms with van der Waals surface area (Å²) < 4.78 is 0. The number of fused-ring (bicyclic) bond motifs is 8. The molecule has 8 aromatic carbocycles. The number of anilines is 12. The average Bonchev–Trinajstić information content (AvgIpc) is 3.23. The van der Waals surface area contributed by atoms with Crippen LogP contribution in [0.4, 0.5) is 68.2 Å². The highest BCUT2D eigenvalue weighted by Gasteiger charge is 2.37. The van der Waals surface area contributed by atoms with Gasteiger partial charge in [0.1, 0.15) is 0 Å². The van der Waals surface area contributed by atoms with Gasteiger partial charge in [-0.05, 0) is 133 Å². The Labute approximate surface area is 335 Å². The molecule has 266 valence electrons. The van der Waals surface area contributed by atoms with Crippen molar-refractivity contribution >= 4 is 91.8 Å². The molecule has 4 nitrogen and oxygen atoms in total. The van der Waals surface area contributed by atoms with Gasteiger partial charge in [-0.3, -0.25) is 0 Å². The molecule has 0 radical (unpaired) electrons. The fraction of sp³-hybridized carbons (Fsp3) is 0.0400. The van der Waals surface area contributed by atoms with Crippen LogP contribution in [0.5, 0.6) is 0 Å². The first-order valence-corrected chi connectivity index (χ1v) is 20.7. The minimum Gasteiger partial charge on any atom is -0.306 e. The topological polar surface area (TPSA) is 13.0 Å². The van der Waals surface area contributed by atoms with Crippen LogP contribution in [-0.2, 0) is 0 Å². The molecule has 12 rings (SSSR count). The van der Waals surface area contributed by atoms with Gasteiger partial charge >= 0.3 is 0 Å². The summed E-state index contributed by atoms with van der Waals surface area (Å²) >= 11 is 3.71. The maximum absolute atomic E-state index is 2.45. The van der Waals surface area contributed by atoms with E-state index in [1.165, 1.54) is 98.7 Å². The predicted octanol–water partition coefficient (Wildman–Crippen LogP) is 15.4. The third-order valence-corrected chi connectivity index (χ3v) is 13.7. The molecule has 0 aliphatic carbocycles. The summed E-state index contributed by atoms with van der Waals surface area (Å²) in [7, 11) is 0. The molecular formula is C50H34N4S2. The van der Waals surface area contributed by atoms with Gasteiger partial charge in [0, 0.05) is 31.0 Å². The maximum Gasteiger partial charge on any atom is 0.0844 e. The van der Waals surface area contributed by atoms with Crippen LogP contribution < -0.4 is 19.6 Å². The van der Waals surface area contributed by atoms with Crippen LogP contribution in [0.2, 0.25) is 0 Å². The Morgan fingerprint density at radius 2 is 0.643 bits per heavy atom. The summed E-state index contributed by atoms with van der Waals surface area (Å²) in [5.41, 5.74) is 19.4. The molecule has 0 atom stereocenters. The monoisotopic (exact) mass is 754 g/mol. The molecule has 4 aliphatic heterocycles. The Balaban J connectivity index is 0.939. The lowest BCUT2D eigenvalue weighted by Crippen LogP contribution is -2.26. The van der Waals surface area contributed by atoms with Crippen LogP contribution in [0, 0.1) is 13.8 Å². The van der Waals surface area contributed by atoms with Crippen molar-refractivity contribution in [2.24, 2.45) is 0 Å². The number of rotatable bonds is 3. The second-order valence-electron chi connectivity index (χ2n) is 14.7. The second-order valence-corrected chi connectivity index (χ2v) is 16.9. The fourth-order valence-electron chi connectivity index (χ4n) is 9.11. The lowest BCUT2D eigenvalue weighted by molar-refractivity contribution is 1.10. The summed E-state index contributed by atoms with van der Waals surface area (Å²) in [5.74, 6) is 0. The van der Waals surface area contributed by atoms with Crippen molar-refractivity contribution in [3.8, 4) is 11.1 Å². The van der Waals surface area contributed by atoms with E-state index in [-0.39, 0.29) is 0 Å². The SMILES string of the molecule is Cc1cc(N2c3ccccc3N3c4ccccc4Sc4cccc2c43)ccc1-c1ccc(N2c3ccccc3N3c4ccccc4Sc4cccc2c43)cc1C. The van der Waals surface area contributed by atoms with Crippen molar-refractivity contribution in [2.45, 2.75) is 33.4 Å². The first kappa shape index (κ1) is 32.0. The maximum atomic E-state index is 2.45. The minimum atomic E-state index is 1.16. The molecule has 8 aromatic rings. The largest absolute Gasteiger partial charge is 0.306 e. The summed E-state index contributed by atoms with van der Waals surface area (Å²) in [5, 5.41) is 0. The van der Waals surface area contributed by atoms with E-state index in [0.29, 0.717) is 0 Å². The molecule has 0 unspecified atom stereocenters. The van der Waals surface area contributed by atoms with Crippen LogP contribution in [-0.4, -0.2) is 0 Å². The normalized spacial score (nSPS) is 14.0. The lowest BCUT2D eigenvalue weighted by Gasteiger charge is -2.43. The second kappa shape index (κ2) is 12.1. The zero-order valence-electron chi connectivity index (χ0n) is 30.8. The van der Waals surface area contributed by atoms with Crippen molar-refractivity contribution < 1.29 is 0 Å². The third-order valence-electron chi connectivity index (χ3n) is 11.5. The van der Waals surface area contributed by atoms with E-state index in [1.54, 1.807) is 0 Å². The van der Waals surface area contributed by atoms with E-state index in [0.717, 1.165) is 11.4 Å². The van der Waals surface area contributed by atoms with Crippen molar-refractivity contribution in [2.75, 3.05) is 19.6 Å². The number of aryl methyl sites for hydroxylation is 2. The molecule has 0 fully saturated rings. The zero-order chi connectivity index (χ0) is 37.1. The molecule has 0 N–H and O–H groups in total. The lowest BCUT2D eigenvalue weighted by atomic mass is 9.94. The molecule has 0 aromatic heterocycles. The number of para-hydroxylation sites is 8. The highest BCUT2D eigenvalue weighted by Crippen LogP contribution is 2.63. The van der Waals surface area contributed by atoms with Gasteiger partial charge < -0.3 is 19.6 Å². The molecule has 4 aliphatic rings. The van der Waals surface area contributed by atoms with E-state index < -0.39 is 0 Å². The summed E-state index contributed by atoms with van der Waals surface area (Å²) in [6, 6.07) is 62.5. The highest BCUT2D eigenvalue weighted by molar-refractivity contribution is 8.00. The van der Waals surface area contributed by atoms with Gasteiger partial charge in [0.2, 0.25) is 0 Å². The van der Waals surface area contributed by atoms with Crippen molar-refractivity contribution in [3.05, 3.63) is 181 Å². The van der Waals surface area contributed by atoms with Gasteiger partial charge in [-0.25, -0.2) is 0 Å². The van der Waals surface area contributed by atoms with Gasteiger partial charge in [0.05, 0.1) is 56.9 Å². The number of hydrogen-bond acceptors (Lipinski definition) is 6. The number of hydrogen-bond donors (Lipinski definition) is 0. The van der Waals surface area contributed by atoms with Gasteiger partial charge in [-0.2, -0.15) is 0 Å². The first-order chi connectivity index (χ1) is 27.6. The molecule has 56 heavy (non-hydrogen) atoms. The fourth-order valence-corrected chi connectivity index (χ4v) is 11.3. The number of benzene rings is 8. The molecule has 0 amide bonds. The molecule has 0 saturated heterocycles. The highest BCUT2D eigenvalue weighted by atomic mass is 32.2. The van der Waals surface area contributed by atoms with E-state index in [4.69, 9.17) is 0 Å². The predicted molar refractivity (Wildman–Crippen MR) is 235 cm³/mol. The van der Waals surface area contributed by atoms with Crippen molar-refractivity contribution in [1.29, 1.82) is 0 Å². The standard InChI is InChI=1S/C50H34N4S2/c1-31-29-33(51-37-13-3-5-15-39(37)53-41-17-7-9-21-45(41)55-47-23-11-19-43(51)49(47)53)25-27-35(31)36-28-26-34(30-32(36)2)52-38-14-4-6-16-40(38)54-42-18-8-10-22-46(42)56-48-24-12-20-44(52)50(48)54/h3-30H,1-2H3. The van der Waals surface area contributed by atoms with Crippen molar-refractivity contribution in [1.82, 2.24) is 0 Å². The van der Waals surface area contributed by atoms with Crippen LogP contribution in [0.3, 0.4) is 0 Å². The summed E-state index contributed by atoms with van der Waals surface area (Å²) in [6.45, 7) is 4.50. The van der Waals surface area contributed by atoms with Gasteiger partial charge in [0.15, 0.2) is 0 Å². The quantitative estimate of drug-likeness (QED) is 0.177. The van der Waals surface area contributed by atoms with Crippen LogP contribution in [0.15, 0.2) is 189 Å². The minimum absolute atomic E-state index is 1.16. The molecule has 0 saturated carbocycles. The average molecular weight is 755 g/mol. The molecule has 4 heterocycles. The van der Waals surface area contributed by atoms with Crippen molar-refractivity contribution in [3.63, 3.8) is 0 Å². The van der Waals surface area contributed by atoms with E-state index >= 15 is 0 Å². The Bertz CT molecular complexity index is 2750. The smallest absolute Gasteiger partial charge is 0.0844 e. The Morgan fingerprint density at radius 1 is 0.304 bits per heavy atom. The van der Waals surface area contributed by atoms with Crippen LogP contribution in [0.1, 0.15) is 11.1 Å². The summed E-state index contributed by atoms with van der Waals surface area (Å²) in [6.07, 6.45) is 0. The van der Waals surface area contributed by atoms with Gasteiger partial charge in [-0.15, -0.1) is 0 Å². The molecular weight excluding hydrogens is 721 g/mol. The van der Waals surface area contributed by atoms with Gasteiger partial charge in [-0.1, -0.05) is 96.3 Å². The van der Waals surface area contributed by atoms with Crippen LogP contribution in [0.25, 0.3) is 11.1 Å². The molecule has 0 spiro atoms. The molecule has 0 bridgehead atoms. The van der Waals surface area contributed by atoms with Gasteiger partial charge in [0.25, 0.3) is 0 Å². The van der Waals surface area contributed by atoms with E-state index in [9.17, 15) is 0 Å². The Kier molecular flexibility index (Phi) is 6.89. The van der Waals surface area contributed by atoms with Crippen LogP contribution >= 0.6 is 23.5 Å². The number of nitrogens with zero attached hydrogens (tertiary/aromatic N) is 4. The summed E-state index contributed by atoms with van der Waals surface area (Å²) in [4.78, 5) is 14.9. The first-order valence-electron chi connectivity index (χ1n) is 19.0. The Morgan fingerprint density at radius 3 is 1.05 bits per heavy atom. The van der Waals surface area contributed by atoms with E-state index in [2.05, 4.69) is 203 Å².